The van der Waals surface area contributed by atoms with Crippen molar-refractivity contribution in [1.29, 1.82) is 0 Å². The van der Waals surface area contributed by atoms with Crippen LogP contribution in [0.25, 0.3) is 0 Å². The molecule has 2 saturated heterocycles. The number of aliphatic hydroxyl groups excluding tert-OH is 1. The Morgan fingerprint density at radius 2 is 1.96 bits per heavy atom. The van der Waals surface area contributed by atoms with E-state index in [0.29, 0.717) is 30.8 Å². The van der Waals surface area contributed by atoms with Crippen LogP contribution >= 0.6 is 0 Å². The number of rotatable bonds is 4. The minimum Gasteiger partial charge on any atom is -0.396 e. The highest BCUT2D eigenvalue weighted by atomic mass is 16.3. The Morgan fingerprint density at radius 3 is 2.68 bits per heavy atom. The van der Waals surface area contributed by atoms with E-state index < -0.39 is 0 Å². The zero-order valence-corrected chi connectivity index (χ0v) is 17.2. The maximum absolute atomic E-state index is 12.4. The van der Waals surface area contributed by atoms with Gasteiger partial charge in [-0.3, -0.25) is 9.69 Å². The molecule has 2 N–H and O–H groups in total. The monoisotopic (exact) mass is 387 g/mol. The Morgan fingerprint density at radius 1 is 1.18 bits per heavy atom. The van der Waals surface area contributed by atoms with Crippen molar-refractivity contribution in [2.45, 2.75) is 57.9 Å². The molecule has 0 aromatic carbocycles. The second-order valence-electron chi connectivity index (χ2n) is 8.80. The molecule has 1 amide bonds. The van der Waals surface area contributed by atoms with Crippen molar-refractivity contribution in [2.75, 3.05) is 44.2 Å². The maximum atomic E-state index is 12.4. The molecule has 3 aliphatic rings. The topological polar surface area (TPSA) is 81.6 Å². The average Bonchev–Trinajstić information content (AvgIpc) is 2.73. The largest absolute Gasteiger partial charge is 0.396 e. The number of hydrogen-bond acceptors (Lipinski definition) is 6. The third-order valence-electron chi connectivity index (χ3n) is 6.48. The van der Waals surface area contributed by atoms with E-state index in [-0.39, 0.29) is 11.8 Å². The molecular weight excluding hydrogens is 354 g/mol. The van der Waals surface area contributed by atoms with Crippen molar-refractivity contribution in [2.24, 2.45) is 5.92 Å². The lowest BCUT2D eigenvalue weighted by Crippen LogP contribution is -2.49. The van der Waals surface area contributed by atoms with E-state index in [4.69, 9.17) is 4.98 Å². The number of nitrogens with one attached hydrogen (secondary N) is 1. The quantitative estimate of drug-likeness (QED) is 0.816. The van der Waals surface area contributed by atoms with Crippen molar-refractivity contribution in [3.63, 3.8) is 0 Å². The summed E-state index contributed by atoms with van der Waals surface area (Å²) in [4.78, 5) is 26.8. The molecule has 7 nitrogen and oxygen atoms in total. The number of aliphatic hydroxyl groups is 1. The van der Waals surface area contributed by atoms with Gasteiger partial charge in [0.25, 0.3) is 5.91 Å². The molecule has 0 spiro atoms. The first-order valence-corrected chi connectivity index (χ1v) is 10.9. The summed E-state index contributed by atoms with van der Waals surface area (Å²) in [5.74, 6) is 2.31. The zero-order valence-electron chi connectivity index (χ0n) is 17.2. The minimum absolute atomic E-state index is 0.0648. The molecule has 4 rings (SSSR count). The highest BCUT2D eigenvalue weighted by Gasteiger charge is 2.32. The molecular formula is C21H33N5O2. The van der Waals surface area contributed by atoms with Crippen LogP contribution in [0.4, 0.5) is 5.82 Å². The minimum atomic E-state index is -0.0648. The summed E-state index contributed by atoms with van der Waals surface area (Å²) in [5.41, 5.74) is 1.59. The van der Waals surface area contributed by atoms with E-state index in [2.05, 4.69) is 33.9 Å². The lowest BCUT2D eigenvalue weighted by atomic mass is 9.94. The van der Waals surface area contributed by atoms with Crippen LogP contribution in [0.1, 0.15) is 67.3 Å². The molecule has 0 bridgehead atoms. The van der Waals surface area contributed by atoms with Gasteiger partial charge in [-0.25, -0.2) is 9.97 Å². The lowest BCUT2D eigenvalue weighted by molar-refractivity contribution is 0.0776. The van der Waals surface area contributed by atoms with Gasteiger partial charge in [0.1, 0.15) is 17.3 Å². The number of nitrogens with zero attached hydrogens (tertiary/aromatic N) is 4. The maximum Gasteiger partial charge on any atom is 0.270 e. The zero-order chi connectivity index (χ0) is 19.7. The van der Waals surface area contributed by atoms with Gasteiger partial charge in [-0.15, -0.1) is 0 Å². The smallest absolute Gasteiger partial charge is 0.270 e. The van der Waals surface area contributed by atoms with Crippen molar-refractivity contribution in [3.8, 4) is 0 Å². The predicted octanol–water partition coefficient (Wildman–Crippen LogP) is 1.56. The second kappa shape index (κ2) is 8.33. The standard InChI is InChI=1S/C21H33N5O2/c1-14(2)19-23-18-17(5-8-22-21(18)28)20(24-19)25-10-6-16(7-11-25)26-9-3-4-15(12-26)13-27/h14-16,27H,3-13H2,1-2H3,(H,22,28). The summed E-state index contributed by atoms with van der Waals surface area (Å²) in [6.45, 7) is 9.24. The molecule has 0 radical (unpaired) electrons. The average molecular weight is 388 g/mol. The molecule has 154 valence electrons. The molecule has 1 atom stereocenters. The summed E-state index contributed by atoms with van der Waals surface area (Å²) in [6.07, 6.45) is 5.37. The van der Waals surface area contributed by atoms with Gasteiger partial charge in [0.2, 0.25) is 0 Å². The van der Waals surface area contributed by atoms with Crippen LogP contribution in [-0.4, -0.2) is 71.3 Å². The van der Waals surface area contributed by atoms with Crippen LogP contribution in [0, 0.1) is 5.92 Å². The van der Waals surface area contributed by atoms with Gasteiger partial charge < -0.3 is 15.3 Å². The molecule has 28 heavy (non-hydrogen) atoms. The Hall–Kier alpha value is -1.73. The normalized spacial score (nSPS) is 24.4. The third-order valence-corrected chi connectivity index (χ3v) is 6.48. The number of piperidine rings is 2. The van der Waals surface area contributed by atoms with Gasteiger partial charge in [0.05, 0.1) is 0 Å². The molecule has 3 aliphatic heterocycles. The highest BCUT2D eigenvalue weighted by Crippen LogP contribution is 2.30. The van der Waals surface area contributed by atoms with Crippen LogP contribution in [0.3, 0.4) is 0 Å². The number of likely N-dealkylation sites (tertiary alicyclic amines) is 1. The fraction of sp³-hybridized carbons (Fsp3) is 0.762. The number of carbonyl (C=O) groups is 1. The van der Waals surface area contributed by atoms with Gasteiger partial charge in [-0.1, -0.05) is 13.8 Å². The number of anilines is 1. The summed E-state index contributed by atoms with van der Waals surface area (Å²) < 4.78 is 0. The molecule has 7 heteroatoms. The summed E-state index contributed by atoms with van der Waals surface area (Å²) >= 11 is 0. The number of hydrogen-bond donors (Lipinski definition) is 2. The van der Waals surface area contributed by atoms with Crippen LogP contribution < -0.4 is 10.2 Å². The summed E-state index contributed by atoms with van der Waals surface area (Å²) in [6, 6.07) is 0.594. The van der Waals surface area contributed by atoms with Crippen LogP contribution in [0.5, 0.6) is 0 Å². The molecule has 1 aromatic rings. The predicted molar refractivity (Wildman–Crippen MR) is 109 cm³/mol. The van der Waals surface area contributed by atoms with E-state index in [1.807, 2.05) is 0 Å². The van der Waals surface area contributed by atoms with Gasteiger partial charge in [-0.2, -0.15) is 0 Å². The molecule has 1 aromatic heterocycles. The second-order valence-corrected chi connectivity index (χ2v) is 8.80. The van der Waals surface area contributed by atoms with Crippen molar-refractivity contribution >= 4 is 11.7 Å². The number of carbonyl (C=O) groups excluding carboxylic acids is 1. The highest BCUT2D eigenvalue weighted by molar-refractivity contribution is 5.96. The first-order chi connectivity index (χ1) is 13.6. The number of fused-ring (bicyclic) bond motifs is 1. The van der Waals surface area contributed by atoms with Crippen molar-refractivity contribution in [3.05, 3.63) is 17.1 Å². The first kappa shape index (κ1) is 19.6. The van der Waals surface area contributed by atoms with E-state index in [0.717, 1.165) is 69.1 Å². The van der Waals surface area contributed by atoms with Crippen molar-refractivity contribution < 1.29 is 9.90 Å². The van der Waals surface area contributed by atoms with Gasteiger partial charge in [-0.05, 0) is 44.6 Å². The molecule has 1 unspecified atom stereocenters. The summed E-state index contributed by atoms with van der Waals surface area (Å²) in [7, 11) is 0. The van der Waals surface area contributed by atoms with E-state index in [1.54, 1.807) is 0 Å². The summed E-state index contributed by atoms with van der Waals surface area (Å²) in [5, 5.41) is 12.4. The lowest BCUT2D eigenvalue weighted by Gasteiger charge is -2.42. The Kier molecular flexibility index (Phi) is 5.83. The SMILES string of the molecule is CC(C)c1nc2c(c(N3CCC(N4CCCC(CO)C4)CC3)n1)CCNC2=O. The van der Waals surface area contributed by atoms with E-state index in [1.165, 1.54) is 6.42 Å². The Balaban J connectivity index is 1.51. The van der Waals surface area contributed by atoms with Gasteiger partial charge in [0.15, 0.2) is 0 Å². The third kappa shape index (κ3) is 3.87. The van der Waals surface area contributed by atoms with Crippen molar-refractivity contribution in [1.82, 2.24) is 20.2 Å². The van der Waals surface area contributed by atoms with Crippen LogP contribution in [0.15, 0.2) is 0 Å². The molecule has 0 saturated carbocycles. The molecule has 0 aliphatic carbocycles. The Bertz CT molecular complexity index is 715. The Labute approximate surface area is 167 Å². The van der Waals surface area contributed by atoms with E-state index >= 15 is 0 Å². The van der Waals surface area contributed by atoms with Gasteiger partial charge in [0, 0.05) is 50.3 Å². The van der Waals surface area contributed by atoms with E-state index in [9.17, 15) is 9.90 Å². The fourth-order valence-corrected chi connectivity index (χ4v) is 4.83. The number of amides is 1. The van der Waals surface area contributed by atoms with Crippen LogP contribution in [0.2, 0.25) is 0 Å². The van der Waals surface area contributed by atoms with Gasteiger partial charge >= 0.3 is 0 Å². The number of aromatic nitrogens is 2. The molecule has 2 fully saturated rings. The van der Waals surface area contributed by atoms with Crippen LogP contribution in [-0.2, 0) is 6.42 Å². The first-order valence-electron chi connectivity index (χ1n) is 10.9. The molecule has 4 heterocycles. The fourth-order valence-electron chi connectivity index (χ4n) is 4.83.